The Hall–Kier alpha value is -2.06. The van der Waals surface area contributed by atoms with Crippen molar-refractivity contribution in [1.82, 2.24) is 9.78 Å². The van der Waals surface area contributed by atoms with Gasteiger partial charge >= 0.3 is 0 Å². The SMILES string of the molecule is Cc1nn(C)c(C)c1S(=O)(=O)Nc1ccccc1N1CC[NH+](C)CC1. The molecule has 2 aromatic rings. The highest BCUT2D eigenvalue weighted by molar-refractivity contribution is 7.92. The van der Waals surface area contributed by atoms with Crippen molar-refractivity contribution in [3.8, 4) is 0 Å². The minimum atomic E-state index is -3.69. The molecule has 2 heterocycles. The average Bonchev–Trinajstić information content (AvgIpc) is 2.81. The number of likely N-dealkylation sites (N-methyl/N-ethyl adjacent to an activating group) is 1. The molecule has 2 N–H and O–H groups in total. The van der Waals surface area contributed by atoms with Crippen LogP contribution in [0.15, 0.2) is 29.2 Å². The molecule has 1 fully saturated rings. The molecule has 1 aromatic carbocycles. The summed E-state index contributed by atoms with van der Waals surface area (Å²) in [5.74, 6) is 0. The number of rotatable bonds is 4. The van der Waals surface area contributed by atoms with E-state index in [0.717, 1.165) is 31.9 Å². The molecule has 0 saturated carbocycles. The molecule has 3 rings (SSSR count). The van der Waals surface area contributed by atoms with Gasteiger partial charge in [-0.15, -0.1) is 0 Å². The Bertz CT molecular complexity index is 867. The van der Waals surface area contributed by atoms with Gasteiger partial charge in [0.1, 0.15) is 4.90 Å². The van der Waals surface area contributed by atoms with E-state index in [-0.39, 0.29) is 4.90 Å². The molecule has 0 aliphatic carbocycles. The quantitative estimate of drug-likeness (QED) is 0.812. The molecule has 0 unspecified atom stereocenters. The largest absolute Gasteiger partial charge is 0.359 e. The Balaban J connectivity index is 1.93. The number of benzene rings is 1. The zero-order chi connectivity index (χ0) is 18.2. The number of piperazine rings is 1. The van der Waals surface area contributed by atoms with Gasteiger partial charge < -0.3 is 9.80 Å². The lowest BCUT2D eigenvalue weighted by Crippen LogP contribution is -3.12. The summed E-state index contributed by atoms with van der Waals surface area (Å²) in [5.41, 5.74) is 2.68. The van der Waals surface area contributed by atoms with E-state index in [1.165, 1.54) is 4.90 Å². The molecule has 0 atom stereocenters. The molecular formula is C17H26N5O2S+. The van der Waals surface area contributed by atoms with Gasteiger partial charge in [0.05, 0.1) is 56.0 Å². The van der Waals surface area contributed by atoms with Crippen LogP contribution in [0.5, 0.6) is 0 Å². The standard InChI is InChI=1S/C17H25N5O2S/c1-13-17(14(2)21(4)18-13)25(23,24)19-15-7-5-6-8-16(15)22-11-9-20(3)10-12-22/h5-8,19H,9-12H2,1-4H3/p+1. The number of sulfonamides is 1. The highest BCUT2D eigenvalue weighted by atomic mass is 32.2. The topological polar surface area (TPSA) is 71.7 Å². The fraction of sp³-hybridized carbons (Fsp3) is 0.471. The van der Waals surface area contributed by atoms with Crippen LogP contribution in [0.1, 0.15) is 11.4 Å². The fourth-order valence-corrected chi connectivity index (χ4v) is 4.82. The first-order valence-corrected chi connectivity index (χ1v) is 9.96. The van der Waals surface area contributed by atoms with E-state index in [1.807, 2.05) is 24.3 Å². The van der Waals surface area contributed by atoms with Gasteiger partial charge in [-0.05, 0) is 26.0 Å². The number of quaternary nitrogens is 1. The van der Waals surface area contributed by atoms with Crippen LogP contribution in [-0.2, 0) is 17.1 Å². The van der Waals surface area contributed by atoms with E-state index < -0.39 is 10.0 Å². The van der Waals surface area contributed by atoms with Gasteiger partial charge in [-0.25, -0.2) is 8.42 Å². The molecule has 8 heteroatoms. The summed E-state index contributed by atoms with van der Waals surface area (Å²) >= 11 is 0. The summed E-state index contributed by atoms with van der Waals surface area (Å²) < 4.78 is 30.3. The normalized spacial score (nSPS) is 16.2. The Morgan fingerprint density at radius 1 is 1.16 bits per heavy atom. The lowest BCUT2D eigenvalue weighted by molar-refractivity contribution is -0.880. The maximum atomic E-state index is 13.0. The first-order valence-electron chi connectivity index (χ1n) is 8.48. The molecule has 1 aromatic heterocycles. The maximum absolute atomic E-state index is 13.0. The van der Waals surface area contributed by atoms with Gasteiger partial charge in [0.2, 0.25) is 0 Å². The van der Waals surface area contributed by atoms with Gasteiger partial charge in [0.15, 0.2) is 0 Å². The third-order valence-corrected chi connectivity index (χ3v) is 6.43. The molecule has 136 valence electrons. The van der Waals surface area contributed by atoms with Crippen LogP contribution < -0.4 is 14.5 Å². The average molecular weight is 364 g/mol. The number of aryl methyl sites for hydroxylation is 2. The number of nitrogens with zero attached hydrogens (tertiary/aromatic N) is 3. The molecule has 1 saturated heterocycles. The molecule has 1 aliphatic heterocycles. The predicted molar refractivity (Wildman–Crippen MR) is 98.8 cm³/mol. The van der Waals surface area contributed by atoms with Crippen LogP contribution in [0.4, 0.5) is 11.4 Å². The molecular weight excluding hydrogens is 338 g/mol. The van der Waals surface area contributed by atoms with E-state index in [1.54, 1.807) is 25.6 Å². The Morgan fingerprint density at radius 2 is 1.80 bits per heavy atom. The zero-order valence-corrected chi connectivity index (χ0v) is 16.0. The zero-order valence-electron chi connectivity index (χ0n) is 15.2. The third kappa shape index (κ3) is 3.50. The highest BCUT2D eigenvalue weighted by Crippen LogP contribution is 2.29. The molecule has 7 nitrogen and oxygen atoms in total. The van der Waals surface area contributed by atoms with Gasteiger partial charge in [0.25, 0.3) is 10.0 Å². The first-order chi connectivity index (χ1) is 11.8. The fourth-order valence-electron chi connectivity index (χ4n) is 3.30. The van der Waals surface area contributed by atoms with Crippen molar-refractivity contribution in [2.24, 2.45) is 7.05 Å². The van der Waals surface area contributed by atoms with E-state index in [4.69, 9.17) is 0 Å². The van der Waals surface area contributed by atoms with Crippen molar-refractivity contribution < 1.29 is 13.3 Å². The molecule has 0 amide bonds. The van der Waals surface area contributed by atoms with E-state index in [9.17, 15) is 8.42 Å². The molecule has 0 bridgehead atoms. The van der Waals surface area contributed by atoms with E-state index >= 15 is 0 Å². The molecule has 0 radical (unpaired) electrons. The van der Waals surface area contributed by atoms with Crippen LogP contribution in [0, 0.1) is 13.8 Å². The van der Waals surface area contributed by atoms with Crippen molar-refractivity contribution >= 4 is 21.4 Å². The van der Waals surface area contributed by atoms with Crippen molar-refractivity contribution in [2.45, 2.75) is 18.7 Å². The van der Waals surface area contributed by atoms with Crippen molar-refractivity contribution in [2.75, 3.05) is 42.8 Å². The molecule has 0 spiro atoms. The number of hydrogen-bond donors (Lipinski definition) is 2. The summed E-state index contributed by atoms with van der Waals surface area (Å²) in [6.07, 6.45) is 0. The number of hydrogen-bond acceptors (Lipinski definition) is 4. The van der Waals surface area contributed by atoms with Crippen LogP contribution >= 0.6 is 0 Å². The van der Waals surface area contributed by atoms with Gasteiger partial charge in [-0.2, -0.15) is 5.10 Å². The Kier molecular flexibility index (Phi) is 4.75. The third-order valence-electron chi connectivity index (χ3n) is 4.82. The summed E-state index contributed by atoms with van der Waals surface area (Å²) in [4.78, 5) is 4.00. The smallest absolute Gasteiger partial charge is 0.265 e. The van der Waals surface area contributed by atoms with Crippen LogP contribution in [0.2, 0.25) is 0 Å². The lowest BCUT2D eigenvalue weighted by Gasteiger charge is -2.33. The lowest BCUT2D eigenvalue weighted by atomic mass is 10.2. The van der Waals surface area contributed by atoms with Gasteiger partial charge in [-0.3, -0.25) is 9.40 Å². The molecule has 1 aliphatic rings. The second-order valence-corrected chi connectivity index (χ2v) is 8.31. The summed E-state index contributed by atoms with van der Waals surface area (Å²) in [6.45, 7) is 7.40. The highest BCUT2D eigenvalue weighted by Gasteiger charge is 2.26. The minimum Gasteiger partial charge on any atom is -0.359 e. The summed E-state index contributed by atoms with van der Waals surface area (Å²) in [5, 5.41) is 4.22. The number of nitrogens with one attached hydrogen (secondary N) is 2. The minimum absolute atomic E-state index is 0.257. The van der Waals surface area contributed by atoms with E-state index in [0.29, 0.717) is 17.1 Å². The summed E-state index contributed by atoms with van der Waals surface area (Å²) in [6, 6.07) is 7.59. The predicted octanol–water partition coefficient (Wildman–Crippen LogP) is 0.172. The van der Waals surface area contributed by atoms with E-state index in [2.05, 4.69) is 21.8 Å². The summed E-state index contributed by atoms with van der Waals surface area (Å²) in [7, 11) is 0.241. The van der Waals surface area contributed by atoms with Crippen LogP contribution in [0.25, 0.3) is 0 Å². The second-order valence-electron chi connectivity index (χ2n) is 6.69. The van der Waals surface area contributed by atoms with Crippen molar-refractivity contribution in [3.05, 3.63) is 35.7 Å². The Labute approximate surface area is 149 Å². The number of para-hydroxylation sites is 2. The van der Waals surface area contributed by atoms with Crippen LogP contribution in [-0.4, -0.2) is 51.4 Å². The number of aromatic nitrogens is 2. The second kappa shape index (κ2) is 6.68. The van der Waals surface area contributed by atoms with Gasteiger partial charge in [-0.1, -0.05) is 12.1 Å². The monoisotopic (exact) mass is 364 g/mol. The van der Waals surface area contributed by atoms with Crippen molar-refractivity contribution in [1.29, 1.82) is 0 Å². The van der Waals surface area contributed by atoms with Gasteiger partial charge in [0, 0.05) is 7.05 Å². The van der Waals surface area contributed by atoms with Crippen LogP contribution in [0.3, 0.4) is 0 Å². The Morgan fingerprint density at radius 3 is 2.40 bits per heavy atom. The number of anilines is 2. The van der Waals surface area contributed by atoms with Crippen molar-refractivity contribution in [3.63, 3.8) is 0 Å². The molecule has 25 heavy (non-hydrogen) atoms. The first kappa shape index (κ1) is 17.8. The maximum Gasteiger partial charge on any atom is 0.265 e.